The number of hydrogen-bond acceptors (Lipinski definition) is 4. The number of nitrogens with zero attached hydrogens (tertiary/aromatic N) is 2. The van der Waals surface area contributed by atoms with Gasteiger partial charge in [0.1, 0.15) is 6.04 Å². The SMILES string of the molecule is COC(=O)C[C@H]1C(=O)N2C(OC[C@@H]2Cc2ccccc2)c2cccn21. The molecule has 3 heterocycles. The molecule has 1 aromatic carbocycles. The van der Waals surface area contributed by atoms with Gasteiger partial charge in [-0.05, 0) is 24.1 Å². The van der Waals surface area contributed by atoms with Crippen LogP contribution in [0.2, 0.25) is 0 Å². The molecule has 0 N–H and O–H groups in total. The highest BCUT2D eigenvalue weighted by Gasteiger charge is 2.47. The van der Waals surface area contributed by atoms with Crippen LogP contribution < -0.4 is 0 Å². The van der Waals surface area contributed by atoms with Gasteiger partial charge in [-0.25, -0.2) is 0 Å². The van der Waals surface area contributed by atoms with Crippen LogP contribution >= 0.6 is 0 Å². The number of esters is 1. The first-order chi connectivity index (χ1) is 12.2. The van der Waals surface area contributed by atoms with Gasteiger partial charge in [-0.2, -0.15) is 0 Å². The van der Waals surface area contributed by atoms with Gasteiger partial charge in [-0.1, -0.05) is 30.3 Å². The Hall–Kier alpha value is -2.60. The van der Waals surface area contributed by atoms with Crippen LogP contribution in [0, 0.1) is 0 Å². The average Bonchev–Trinajstić information content (AvgIpc) is 3.26. The number of carbonyl (C=O) groups is 2. The first-order valence-corrected chi connectivity index (χ1v) is 8.40. The van der Waals surface area contributed by atoms with Gasteiger partial charge in [-0.3, -0.25) is 9.59 Å². The quantitative estimate of drug-likeness (QED) is 0.800. The number of fused-ring (bicyclic) bond motifs is 3. The fourth-order valence-corrected chi connectivity index (χ4v) is 3.74. The minimum Gasteiger partial charge on any atom is -0.469 e. The molecule has 6 nitrogen and oxygen atoms in total. The Balaban J connectivity index is 1.64. The first kappa shape index (κ1) is 15.9. The third-order valence-corrected chi connectivity index (χ3v) is 4.93. The van der Waals surface area contributed by atoms with E-state index < -0.39 is 12.0 Å². The van der Waals surface area contributed by atoms with E-state index in [2.05, 4.69) is 12.1 Å². The maximum Gasteiger partial charge on any atom is 0.308 e. The van der Waals surface area contributed by atoms with Crippen LogP contribution in [0.5, 0.6) is 0 Å². The minimum absolute atomic E-state index is 0.0261. The molecule has 1 amide bonds. The Morgan fingerprint density at radius 3 is 2.80 bits per heavy atom. The van der Waals surface area contributed by atoms with Crippen LogP contribution in [0.15, 0.2) is 48.7 Å². The molecule has 0 radical (unpaired) electrons. The van der Waals surface area contributed by atoms with Gasteiger partial charge in [-0.15, -0.1) is 0 Å². The van der Waals surface area contributed by atoms with E-state index in [1.165, 1.54) is 7.11 Å². The summed E-state index contributed by atoms with van der Waals surface area (Å²) in [4.78, 5) is 26.7. The molecule has 4 rings (SSSR count). The lowest BCUT2D eigenvalue weighted by atomic mass is 10.0. The number of amides is 1. The van der Waals surface area contributed by atoms with Gasteiger partial charge in [0, 0.05) is 6.20 Å². The second-order valence-corrected chi connectivity index (χ2v) is 6.41. The molecule has 130 valence electrons. The molecule has 1 fully saturated rings. The Kier molecular flexibility index (Phi) is 4.05. The number of rotatable bonds is 4. The normalized spacial score (nSPS) is 24.8. The van der Waals surface area contributed by atoms with E-state index in [1.54, 1.807) is 4.90 Å². The number of hydrogen-bond donors (Lipinski definition) is 0. The van der Waals surface area contributed by atoms with Gasteiger partial charge in [0.05, 0.1) is 31.9 Å². The lowest BCUT2D eigenvalue weighted by Crippen LogP contribution is -2.48. The Labute approximate surface area is 145 Å². The highest BCUT2D eigenvalue weighted by Crippen LogP contribution is 2.40. The van der Waals surface area contributed by atoms with Crippen LogP contribution in [-0.4, -0.2) is 41.1 Å². The van der Waals surface area contributed by atoms with Crippen molar-refractivity contribution in [2.24, 2.45) is 0 Å². The molecule has 3 atom stereocenters. The van der Waals surface area contributed by atoms with Crippen molar-refractivity contribution in [1.29, 1.82) is 0 Å². The molecule has 1 unspecified atom stereocenters. The summed E-state index contributed by atoms with van der Waals surface area (Å²) in [5.74, 6) is -0.478. The van der Waals surface area contributed by atoms with Crippen LogP contribution in [0.4, 0.5) is 0 Å². The highest BCUT2D eigenvalue weighted by molar-refractivity contribution is 5.87. The summed E-state index contributed by atoms with van der Waals surface area (Å²) in [6.07, 6.45) is 2.20. The number of methoxy groups -OCH3 is 1. The van der Waals surface area contributed by atoms with Crippen molar-refractivity contribution >= 4 is 11.9 Å². The molecule has 1 saturated heterocycles. The van der Waals surface area contributed by atoms with Crippen molar-refractivity contribution in [3.63, 3.8) is 0 Å². The van der Waals surface area contributed by atoms with Crippen molar-refractivity contribution in [3.8, 4) is 0 Å². The second kappa shape index (κ2) is 6.37. The fourth-order valence-electron chi connectivity index (χ4n) is 3.74. The summed E-state index contributed by atoms with van der Waals surface area (Å²) in [6, 6.07) is 13.3. The average molecular weight is 340 g/mol. The zero-order valence-corrected chi connectivity index (χ0v) is 14.0. The topological polar surface area (TPSA) is 60.8 Å². The standard InChI is InChI=1S/C19H20N2O4/c1-24-17(22)11-16-18(23)21-14(10-13-6-3-2-4-7-13)12-25-19(21)15-8-5-9-20(15)16/h2-9,14,16,19H,10-12H2,1H3/t14-,16-,19?/m0/s1. The number of aromatic nitrogens is 1. The highest BCUT2D eigenvalue weighted by atomic mass is 16.5. The molecule has 2 aromatic rings. The predicted octanol–water partition coefficient (Wildman–Crippen LogP) is 2.07. The van der Waals surface area contributed by atoms with E-state index >= 15 is 0 Å². The third kappa shape index (κ3) is 2.72. The fraction of sp³-hybridized carbons (Fsp3) is 0.368. The molecule has 25 heavy (non-hydrogen) atoms. The second-order valence-electron chi connectivity index (χ2n) is 6.41. The van der Waals surface area contributed by atoms with E-state index in [1.807, 2.05) is 41.1 Å². The molecule has 0 spiro atoms. The molecule has 6 heteroatoms. The molecule has 0 bridgehead atoms. The summed E-state index contributed by atoms with van der Waals surface area (Å²) >= 11 is 0. The summed E-state index contributed by atoms with van der Waals surface area (Å²) in [5, 5.41) is 0. The summed E-state index contributed by atoms with van der Waals surface area (Å²) in [7, 11) is 1.34. The van der Waals surface area contributed by atoms with Crippen LogP contribution in [-0.2, 0) is 25.5 Å². The molecule has 0 saturated carbocycles. The zero-order chi connectivity index (χ0) is 17.4. The van der Waals surface area contributed by atoms with Crippen molar-refractivity contribution in [2.45, 2.75) is 31.2 Å². The zero-order valence-electron chi connectivity index (χ0n) is 14.0. The van der Waals surface area contributed by atoms with Crippen molar-refractivity contribution in [3.05, 3.63) is 59.9 Å². The Bertz CT molecular complexity index is 786. The summed E-state index contributed by atoms with van der Waals surface area (Å²) < 4.78 is 12.6. The number of carbonyl (C=O) groups excluding carboxylic acids is 2. The largest absolute Gasteiger partial charge is 0.469 e. The monoisotopic (exact) mass is 340 g/mol. The predicted molar refractivity (Wildman–Crippen MR) is 89.6 cm³/mol. The lowest BCUT2D eigenvalue weighted by Gasteiger charge is -2.37. The van der Waals surface area contributed by atoms with Gasteiger partial charge < -0.3 is 18.9 Å². The van der Waals surface area contributed by atoms with E-state index in [0.717, 1.165) is 17.7 Å². The van der Waals surface area contributed by atoms with Crippen molar-refractivity contribution in [1.82, 2.24) is 9.47 Å². The molecular weight excluding hydrogens is 320 g/mol. The Morgan fingerprint density at radius 1 is 1.24 bits per heavy atom. The first-order valence-electron chi connectivity index (χ1n) is 8.40. The van der Waals surface area contributed by atoms with Gasteiger partial charge in [0.2, 0.25) is 5.91 Å². The Morgan fingerprint density at radius 2 is 2.04 bits per heavy atom. The maximum absolute atomic E-state index is 13.1. The van der Waals surface area contributed by atoms with Crippen molar-refractivity contribution < 1.29 is 19.1 Å². The van der Waals surface area contributed by atoms with E-state index in [-0.39, 0.29) is 24.6 Å². The van der Waals surface area contributed by atoms with Crippen LogP contribution in [0.1, 0.15) is 29.9 Å². The summed E-state index contributed by atoms with van der Waals surface area (Å²) in [5.41, 5.74) is 2.07. The van der Waals surface area contributed by atoms with E-state index in [9.17, 15) is 9.59 Å². The molecular formula is C19H20N2O4. The maximum atomic E-state index is 13.1. The molecule has 2 aliphatic heterocycles. The van der Waals surface area contributed by atoms with Crippen LogP contribution in [0.25, 0.3) is 0 Å². The van der Waals surface area contributed by atoms with Gasteiger partial charge in [0.25, 0.3) is 0 Å². The van der Waals surface area contributed by atoms with Gasteiger partial charge >= 0.3 is 5.97 Å². The van der Waals surface area contributed by atoms with Crippen molar-refractivity contribution in [2.75, 3.05) is 13.7 Å². The molecule has 1 aromatic heterocycles. The lowest BCUT2D eigenvalue weighted by molar-refractivity contribution is -0.152. The number of ether oxygens (including phenoxy) is 2. The van der Waals surface area contributed by atoms with E-state index in [4.69, 9.17) is 9.47 Å². The number of benzene rings is 1. The molecule has 0 aliphatic carbocycles. The third-order valence-electron chi connectivity index (χ3n) is 4.93. The minimum atomic E-state index is -0.575. The van der Waals surface area contributed by atoms with E-state index in [0.29, 0.717) is 6.61 Å². The summed E-state index contributed by atoms with van der Waals surface area (Å²) in [6.45, 7) is 0.488. The van der Waals surface area contributed by atoms with Gasteiger partial charge in [0.15, 0.2) is 6.23 Å². The molecule has 2 aliphatic rings. The van der Waals surface area contributed by atoms with Crippen LogP contribution in [0.3, 0.4) is 0 Å². The smallest absolute Gasteiger partial charge is 0.308 e.